The maximum Gasteiger partial charge on any atom is 0.257 e. The number of benzene rings is 2. The first-order valence-corrected chi connectivity index (χ1v) is 9.59. The maximum atomic E-state index is 11.5. The summed E-state index contributed by atoms with van der Waals surface area (Å²) in [7, 11) is 5.41. The highest BCUT2D eigenvalue weighted by Gasteiger charge is 2.10. The minimum Gasteiger partial charge on any atom is -0.496 e. The van der Waals surface area contributed by atoms with E-state index in [0.29, 0.717) is 25.4 Å². The number of para-hydroxylation sites is 1. The molecule has 1 amide bonds. The number of rotatable bonds is 9. The van der Waals surface area contributed by atoms with Gasteiger partial charge in [0.25, 0.3) is 5.91 Å². The number of ether oxygens (including phenoxy) is 2. The molecule has 0 saturated heterocycles. The molecule has 0 heterocycles. The van der Waals surface area contributed by atoms with Crippen LogP contribution in [-0.2, 0) is 17.9 Å². The zero-order valence-corrected chi connectivity index (χ0v) is 17.6. The van der Waals surface area contributed by atoms with Gasteiger partial charge in [0.1, 0.15) is 11.5 Å². The van der Waals surface area contributed by atoms with Gasteiger partial charge in [0, 0.05) is 39.3 Å². The first kappa shape index (κ1) is 22.1. The second-order valence-electron chi connectivity index (χ2n) is 6.46. The summed E-state index contributed by atoms with van der Waals surface area (Å²) in [5, 5.41) is 6.07. The molecule has 0 unspecified atom stereocenters. The summed E-state index contributed by atoms with van der Waals surface area (Å²) < 4.78 is 11.0. The molecule has 29 heavy (non-hydrogen) atoms. The molecule has 2 aromatic carbocycles. The molecule has 2 rings (SSSR count). The second kappa shape index (κ2) is 11.6. The van der Waals surface area contributed by atoms with E-state index in [-0.39, 0.29) is 12.5 Å². The van der Waals surface area contributed by atoms with E-state index in [2.05, 4.69) is 15.6 Å². The molecule has 0 fully saturated rings. The predicted molar refractivity (Wildman–Crippen MR) is 115 cm³/mol. The summed E-state index contributed by atoms with van der Waals surface area (Å²) in [5.74, 6) is 2.15. The van der Waals surface area contributed by atoms with E-state index in [1.165, 1.54) is 0 Å². The van der Waals surface area contributed by atoms with Crippen LogP contribution in [0.2, 0.25) is 0 Å². The van der Waals surface area contributed by atoms with Gasteiger partial charge in [0.05, 0.1) is 7.11 Å². The number of likely N-dealkylation sites (N-methyl/N-ethyl adjacent to an activating group) is 1. The van der Waals surface area contributed by atoms with Crippen molar-refractivity contribution in [2.75, 3.05) is 34.4 Å². The number of nitrogens with one attached hydrogen (secondary N) is 2. The maximum absolute atomic E-state index is 11.5. The molecule has 0 atom stereocenters. The molecule has 7 heteroatoms. The number of hydrogen-bond donors (Lipinski definition) is 2. The lowest BCUT2D eigenvalue weighted by Crippen LogP contribution is -2.38. The SMILES string of the molecule is CCNC(=O)COc1cccc(CNC(=NC)N(C)Cc2ccccc2OC)c1. The Morgan fingerprint density at radius 2 is 1.93 bits per heavy atom. The number of nitrogens with zero attached hydrogens (tertiary/aromatic N) is 2. The number of amides is 1. The molecule has 0 spiro atoms. The van der Waals surface area contributed by atoms with E-state index >= 15 is 0 Å². The fourth-order valence-corrected chi connectivity index (χ4v) is 2.87. The average molecular weight is 399 g/mol. The van der Waals surface area contributed by atoms with Crippen LogP contribution < -0.4 is 20.1 Å². The molecule has 7 nitrogen and oxygen atoms in total. The van der Waals surface area contributed by atoms with Crippen LogP contribution in [0.25, 0.3) is 0 Å². The smallest absolute Gasteiger partial charge is 0.257 e. The van der Waals surface area contributed by atoms with Crippen molar-refractivity contribution in [3.63, 3.8) is 0 Å². The van der Waals surface area contributed by atoms with Gasteiger partial charge >= 0.3 is 0 Å². The molecule has 156 valence electrons. The zero-order valence-electron chi connectivity index (χ0n) is 17.6. The van der Waals surface area contributed by atoms with Crippen LogP contribution in [0.15, 0.2) is 53.5 Å². The molecule has 0 aromatic heterocycles. The number of aliphatic imine (C=N–C) groups is 1. The Balaban J connectivity index is 1.93. The quantitative estimate of drug-likeness (QED) is 0.501. The molecule has 0 aliphatic rings. The largest absolute Gasteiger partial charge is 0.496 e. The lowest BCUT2D eigenvalue weighted by molar-refractivity contribution is -0.122. The first-order chi connectivity index (χ1) is 14.1. The van der Waals surface area contributed by atoms with Crippen LogP contribution in [0, 0.1) is 0 Å². The van der Waals surface area contributed by atoms with E-state index in [1.807, 2.05) is 67.4 Å². The second-order valence-corrected chi connectivity index (χ2v) is 6.46. The van der Waals surface area contributed by atoms with Crippen LogP contribution in [0.5, 0.6) is 11.5 Å². The highest BCUT2D eigenvalue weighted by Crippen LogP contribution is 2.19. The lowest BCUT2D eigenvalue weighted by atomic mass is 10.2. The van der Waals surface area contributed by atoms with E-state index in [4.69, 9.17) is 9.47 Å². The summed E-state index contributed by atoms with van der Waals surface area (Å²) in [6, 6.07) is 15.6. The fourth-order valence-electron chi connectivity index (χ4n) is 2.87. The average Bonchev–Trinajstić information content (AvgIpc) is 2.73. The predicted octanol–water partition coefficient (Wildman–Crippen LogP) is 2.42. The van der Waals surface area contributed by atoms with Gasteiger partial charge in [-0.2, -0.15) is 0 Å². The molecule has 2 N–H and O–H groups in total. The Hall–Kier alpha value is -3.22. The number of methoxy groups -OCH3 is 1. The van der Waals surface area contributed by atoms with E-state index < -0.39 is 0 Å². The van der Waals surface area contributed by atoms with Crippen LogP contribution in [-0.4, -0.2) is 51.1 Å². The number of carbonyl (C=O) groups is 1. The fraction of sp³-hybridized carbons (Fsp3) is 0.364. The zero-order chi connectivity index (χ0) is 21.1. The summed E-state index contributed by atoms with van der Waals surface area (Å²) in [6.45, 7) is 3.73. The molecule has 2 aromatic rings. The van der Waals surface area contributed by atoms with Crippen LogP contribution in [0.3, 0.4) is 0 Å². The minimum absolute atomic E-state index is 0.00797. The Bertz CT molecular complexity index is 823. The van der Waals surface area contributed by atoms with E-state index in [1.54, 1.807) is 14.2 Å². The number of guanidine groups is 1. The van der Waals surface area contributed by atoms with Gasteiger partial charge in [-0.05, 0) is 30.7 Å². The summed E-state index contributed by atoms with van der Waals surface area (Å²) in [4.78, 5) is 17.9. The number of hydrogen-bond acceptors (Lipinski definition) is 4. The van der Waals surface area contributed by atoms with Crippen molar-refractivity contribution in [1.82, 2.24) is 15.5 Å². The van der Waals surface area contributed by atoms with Crippen molar-refractivity contribution in [2.45, 2.75) is 20.0 Å². The third-order valence-electron chi connectivity index (χ3n) is 4.27. The van der Waals surface area contributed by atoms with Crippen molar-refractivity contribution in [2.24, 2.45) is 4.99 Å². The topological polar surface area (TPSA) is 75.2 Å². The third-order valence-corrected chi connectivity index (χ3v) is 4.27. The standard InChI is InChI=1S/C22H30N4O3/c1-5-24-21(27)16-29-19-11-8-9-17(13-19)14-25-22(23-2)26(3)15-18-10-6-7-12-20(18)28-4/h6-13H,5,14-16H2,1-4H3,(H,23,25)(H,24,27). The van der Waals surface area contributed by atoms with Gasteiger partial charge in [-0.25, -0.2) is 0 Å². The van der Waals surface area contributed by atoms with E-state index in [0.717, 1.165) is 22.8 Å². The summed E-state index contributed by atoms with van der Waals surface area (Å²) in [6.07, 6.45) is 0. The molecule has 0 bridgehead atoms. The molecule has 0 radical (unpaired) electrons. The Morgan fingerprint density at radius 1 is 1.14 bits per heavy atom. The van der Waals surface area contributed by atoms with Gasteiger partial charge in [-0.15, -0.1) is 0 Å². The molecule has 0 aliphatic heterocycles. The molecular formula is C22H30N4O3. The summed E-state index contributed by atoms with van der Waals surface area (Å²) >= 11 is 0. The molecule has 0 aliphatic carbocycles. The van der Waals surface area contributed by atoms with Crippen molar-refractivity contribution < 1.29 is 14.3 Å². The van der Waals surface area contributed by atoms with Gasteiger partial charge in [-0.1, -0.05) is 30.3 Å². The Morgan fingerprint density at radius 3 is 2.66 bits per heavy atom. The number of carbonyl (C=O) groups excluding carboxylic acids is 1. The van der Waals surface area contributed by atoms with Crippen LogP contribution in [0.4, 0.5) is 0 Å². The lowest BCUT2D eigenvalue weighted by Gasteiger charge is -2.23. The Kier molecular flexibility index (Phi) is 8.82. The van der Waals surface area contributed by atoms with Crippen LogP contribution in [0.1, 0.15) is 18.1 Å². The van der Waals surface area contributed by atoms with Gasteiger partial charge in [0.15, 0.2) is 12.6 Å². The van der Waals surface area contributed by atoms with Gasteiger partial charge in [0.2, 0.25) is 0 Å². The van der Waals surface area contributed by atoms with Crippen LogP contribution >= 0.6 is 0 Å². The van der Waals surface area contributed by atoms with Crippen molar-refractivity contribution in [3.8, 4) is 11.5 Å². The molecule has 0 saturated carbocycles. The highest BCUT2D eigenvalue weighted by molar-refractivity contribution is 5.79. The normalized spacial score (nSPS) is 11.0. The molecular weight excluding hydrogens is 368 g/mol. The summed E-state index contributed by atoms with van der Waals surface area (Å²) in [5.41, 5.74) is 2.12. The monoisotopic (exact) mass is 398 g/mol. The third kappa shape index (κ3) is 7.03. The van der Waals surface area contributed by atoms with Gasteiger partial charge in [-0.3, -0.25) is 9.79 Å². The van der Waals surface area contributed by atoms with Crippen molar-refractivity contribution in [3.05, 3.63) is 59.7 Å². The first-order valence-electron chi connectivity index (χ1n) is 9.59. The van der Waals surface area contributed by atoms with E-state index in [9.17, 15) is 4.79 Å². The van der Waals surface area contributed by atoms with Crippen molar-refractivity contribution in [1.29, 1.82) is 0 Å². The highest BCUT2D eigenvalue weighted by atomic mass is 16.5. The van der Waals surface area contributed by atoms with Gasteiger partial charge < -0.3 is 25.0 Å². The minimum atomic E-state index is -0.130. The Labute approximate surface area is 172 Å². The van der Waals surface area contributed by atoms with Crippen molar-refractivity contribution >= 4 is 11.9 Å².